The molecular formula is C16H16N4O3. The zero-order chi connectivity index (χ0) is 16.7. The van der Waals surface area contributed by atoms with E-state index in [0.29, 0.717) is 30.0 Å². The normalized spacial score (nSPS) is 9.78. The van der Waals surface area contributed by atoms with Crippen molar-refractivity contribution in [3.8, 4) is 18.0 Å². The van der Waals surface area contributed by atoms with E-state index >= 15 is 0 Å². The van der Waals surface area contributed by atoms with Gasteiger partial charge in [0.15, 0.2) is 0 Å². The molecule has 7 nitrogen and oxygen atoms in total. The summed E-state index contributed by atoms with van der Waals surface area (Å²) in [5, 5.41) is 11.5. The second kappa shape index (κ2) is 7.75. The Morgan fingerprint density at radius 1 is 1.22 bits per heavy atom. The van der Waals surface area contributed by atoms with Crippen LogP contribution in [-0.2, 0) is 0 Å². The average molecular weight is 312 g/mol. The summed E-state index contributed by atoms with van der Waals surface area (Å²) < 4.78 is 10.6. The summed E-state index contributed by atoms with van der Waals surface area (Å²) in [4.78, 5) is 20.4. The lowest BCUT2D eigenvalue weighted by Crippen LogP contribution is -2.14. The lowest BCUT2D eigenvalue weighted by atomic mass is 10.1. The third kappa shape index (κ3) is 4.17. The minimum atomic E-state index is -0.344. The van der Waals surface area contributed by atoms with Crippen LogP contribution >= 0.6 is 0 Å². The summed E-state index contributed by atoms with van der Waals surface area (Å²) in [5.74, 6) is -0.101. The number of benzene rings is 1. The highest BCUT2D eigenvalue weighted by molar-refractivity contribution is 6.04. The highest BCUT2D eigenvalue weighted by Crippen LogP contribution is 2.23. The highest BCUT2D eigenvalue weighted by Gasteiger charge is 2.13. The Hall–Kier alpha value is -3.14. The maximum Gasteiger partial charge on any atom is 0.319 e. The van der Waals surface area contributed by atoms with Crippen molar-refractivity contribution < 1.29 is 14.3 Å². The van der Waals surface area contributed by atoms with Crippen LogP contribution in [0.25, 0.3) is 0 Å². The van der Waals surface area contributed by atoms with E-state index < -0.39 is 0 Å². The molecule has 1 amide bonds. The molecule has 2 aromatic rings. The largest absolute Gasteiger partial charge is 0.476 e. The number of ether oxygens (including phenoxy) is 2. The first-order valence-electron chi connectivity index (χ1n) is 7.12. The molecule has 0 aliphatic rings. The molecule has 1 N–H and O–H groups in total. The quantitative estimate of drug-likeness (QED) is 0.879. The average Bonchev–Trinajstić information content (AvgIpc) is 2.57. The van der Waals surface area contributed by atoms with Gasteiger partial charge in [0.25, 0.3) is 5.91 Å². The molecule has 0 aliphatic carbocycles. The summed E-state index contributed by atoms with van der Waals surface area (Å²) in [5.41, 5.74) is 1.26. The summed E-state index contributed by atoms with van der Waals surface area (Å²) in [7, 11) is 0. The van der Waals surface area contributed by atoms with Crippen LogP contribution in [0.1, 0.15) is 29.8 Å². The van der Waals surface area contributed by atoms with Gasteiger partial charge in [-0.3, -0.25) is 4.79 Å². The zero-order valence-corrected chi connectivity index (χ0v) is 12.9. The first-order chi connectivity index (χ1) is 11.2. The molecule has 2 rings (SSSR count). The van der Waals surface area contributed by atoms with E-state index in [9.17, 15) is 4.79 Å². The number of rotatable bonds is 6. The van der Waals surface area contributed by atoms with E-state index in [1.165, 1.54) is 6.20 Å². The Bertz CT molecular complexity index is 723. The summed E-state index contributed by atoms with van der Waals surface area (Å²) in [6.07, 6.45) is 1.44. The first kappa shape index (κ1) is 16.2. The van der Waals surface area contributed by atoms with Gasteiger partial charge < -0.3 is 14.8 Å². The molecule has 0 saturated heterocycles. The number of anilines is 1. The van der Waals surface area contributed by atoms with Gasteiger partial charge in [0.2, 0.25) is 5.88 Å². The van der Waals surface area contributed by atoms with Gasteiger partial charge in [-0.05, 0) is 38.1 Å². The molecule has 0 unspecified atom stereocenters. The summed E-state index contributed by atoms with van der Waals surface area (Å²) in [6.45, 7) is 4.46. The number of nitrogens with zero attached hydrogens (tertiary/aromatic N) is 3. The van der Waals surface area contributed by atoms with E-state index in [2.05, 4.69) is 15.3 Å². The molecular weight excluding hydrogens is 296 g/mol. The van der Waals surface area contributed by atoms with Crippen LogP contribution in [0.5, 0.6) is 11.9 Å². The van der Waals surface area contributed by atoms with Crippen molar-refractivity contribution >= 4 is 11.6 Å². The number of nitrogens with one attached hydrogen (secondary N) is 1. The molecule has 0 aliphatic heterocycles. The maximum atomic E-state index is 12.2. The van der Waals surface area contributed by atoms with E-state index in [0.717, 1.165) is 0 Å². The van der Waals surface area contributed by atoms with Crippen LogP contribution < -0.4 is 14.8 Å². The molecule has 0 spiro atoms. The van der Waals surface area contributed by atoms with E-state index in [1.807, 2.05) is 19.9 Å². The van der Waals surface area contributed by atoms with Gasteiger partial charge >= 0.3 is 6.01 Å². The van der Waals surface area contributed by atoms with Gasteiger partial charge in [-0.25, -0.2) is 4.98 Å². The first-order valence-corrected chi connectivity index (χ1v) is 7.12. The fourth-order valence-electron chi connectivity index (χ4n) is 1.77. The van der Waals surface area contributed by atoms with E-state index in [4.69, 9.17) is 14.7 Å². The number of aromatic nitrogens is 2. The molecule has 1 aromatic carbocycles. The smallest absolute Gasteiger partial charge is 0.319 e. The van der Waals surface area contributed by atoms with Crippen LogP contribution in [0.2, 0.25) is 0 Å². The molecule has 7 heteroatoms. The molecule has 0 fully saturated rings. The molecule has 23 heavy (non-hydrogen) atoms. The Kier molecular flexibility index (Phi) is 5.47. The maximum absolute atomic E-state index is 12.2. The van der Waals surface area contributed by atoms with Crippen LogP contribution in [-0.4, -0.2) is 29.1 Å². The van der Waals surface area contributed by atoms with Crippen molar-refractivity contribution in [2.24, 2.45) is 0 Å². The van der Waals surface area contributed by atoms with Gasteiger partial charge in [-0.2, -0.15) is 10.2 Å². The van der Waals surface area contributed by atoms with E-state index in [1.54, 1.807) is 24.3 Å². The monoisotopic (exact) mass is 312 g/mol. The number of hydrogen-bond acceptors (Lipinski definition) is 6. The van der Waals surface area contributed by atoms with Crippen molar-refractivity contribution in [3.63, 3.8) is 0 Å². The summed E-state index contributed by atoms with van der Waals surface area (Å²) in [6, 6.07) is 8.49. The van der Waals surface area contributed by atoms with Crippen LogP contribution in [0.4, 0.5) is 5.69 Å². The predicted molar refractivity (Wildman–Crippen MR) is 83.5 cm³/mol. The van der Waals surface area contributed by atoms with Crippen LogP contribution in [0, 0.1) is 11.3 Å². The topological polar surface area (TPSA) is 97.1 Å². The number of hydrogen-bond donors (Lipinski definition) is 1. The van der Waals surface area contributed by atoms with Crippen molar-refractivity contribution in [1.82, 2.24) is 9.97 Å². The fourth-order valence-corrected chi connectivity index (χ4v) is 1.77. The fraction of sp³-hybridized carbons (Fsp3) is 0.250. The zero-order valence-electron chi connectivity index (χ0n) is 12.9. The highest BCUT2D eigenvalue weighted by atomic mass is 16.5. The second-order valence-electron chi connectivity index (χ2n) is 4.38. The molecule has 1 aromatic heterocycles. The second-order valence-corrected chi connectivity index (χ2v) is 4.38. The van der Waals surface area contributed by atoms with Gasteiger partial charge in [0.05, 0.1) is 31.0 Å². The van der Waals surface area contributed by atoms with E-state index in [-0.39, 0.29) is 17.8 Å². The minimum absolute atomic E-state index is 0.187. The van der Waals surface area contributed by atoms with Crippen molar-refractivity contribution in [3.05, 3.63) is 41.6 Å². The number of nitriles is 1. The van der Waals surface area contributed by atoms with Crippen LogP contribution in [0.3, 0.4) is 0 Å². The summed E-state index contributed by atoms with van der Waals surface area (Å²) >= 11 is 0. The lowest BCUT2D eigenvalue weighted by Gasteiger charge is -2.11. The minimum Gasteiger partial charge on any atom is -0.476 e. The van der Waals surface area contributed by atoms with Crippen molar-refractivity contribution in [1.29, 1.82) is 5.26 Å². The van der Waals surface area contributed by atoms with Gasteiger partial charge in [0.1, 0.15) is 5.69 Å². The van der Waals surface area contributed by atoms with Gasteiger partial charge in [-0.1, -0.05) is 0 Å². The van der Waals surface area contributed by atoms with Crippen LogP contribution in [0.15, 0.2) is 30.5 Å². The Morgan fingerprint density at radius 2 is 1.91 bits per heavy atom. The van der Waals surface area contributed by atoms with Gasteiger partial charge in [-0.15, -0.1) is 0 Å². The number of carbonyl (C=O) groups excluding carboxylic acids is 1. The molecule has 0 atom stereocenters. The lowest BCUT2D eigenvalue weighted by molar-refractivity contribution is 0.102. The third-order valence-corrected chi connectivity index (χ3v) is 2.81. The Balaban J connectivity index is 2.20. The molecule has 118 valence electrons. The Labute approximate surface area is 133 Å². The van der Waals surface area contributed by atoms with Crippen molar-refractivity contribution in [2.45, 2.75) is 13.8 Å². The standard InChI is InChI=1S/C16H16N4O3/c1-3-22-15-13(10-18-16(20-15)23-4-2)19-14(21)12-7-5-11(9-17)6-8-12/h5-8,10H,3-4H2,1-2H3,(H,19,21). The molecule has 0 radical (unpaired) electrons. The molecule has 0 bridgehead atoms. The molecule has 0 saturated carbocycles. The molecule has 1 heterocycles. The number of carbonyl (C=O) groups is 1. The predicted octanol–water partition coefficient (Wildman–Crippen LogP) is 2.40. The SMILES string of the molecule is CCOc1ncc(NC(=O)c2ccc(C#N)cc2)c(OCC)n1. The number of amides is 1. The third-order valence-electron chi connectivity index (χ3n) is 2.81. The van der Waals surface area contributed by atoms with Gasteiger partial charge in [0, 0.05) is 5.56 Å². The Morgan fingerprint density at radius 3 is 2.52 bits per heavy atom. The van der Waals surface area contributed by atoms with Crippen molar-refractivity contribution in [2.75, 3.05) is 18.5 Å².